The van der Waals surface area contributed by atoms with Crippen LogP contribution in [0.1, 0.15) is 0 Å². The number of hydrogen-bond donors (Lipinski definition) is 0. The quantitative estimate of drug-likeness (QED) is 0.642. The van der Waals surface area contributed by atoms with Crippen molar-refractivity contribution in [1.29, 1.82) is 0 Å². The Labute approximate surface area is 80.1 Å². The standard InChI is InChI=1S/C8H13Si.Tl/c1-9(2,3)8-6-4-5-7-8;/h4-7H,1-3H3;. The molecule has 1 aliphatic rings. The van der Waals surface area contributed by atoms with Gasteiger partial charge < -0.3 is 0 Å². The normalized spacial score (nSPS) is 21.8. The Kier molecular flexibility index (Phi) is 2.25. The molecular formula is C8H13SiTl. The van der Waals surface area contributed by atoms with Gasteiger partial charge >= 0.3 is 80.4 Å². The molecular weight excluding hydrogens is 329 g/mol. The molecule has 0 saturated carbocycles. The van der Waals surface area contributed by atoms with Crippen molar-refractivity contribution < 1.29 is 0 Å². The van der Waals surface area contributed by atoms with Crippen LogP contribution in [0.5, 0.6) is 0 Å². The van der Waals surface area contributed by atoms with Gasteiger partial charge in [0.15, 0.2) is 0 Å². The molecule has 1 rings (SSSR count). The fraction of sp³-hybridized carbons (Fsp3) is 0.500. The van der Waals surface area contributed by atoms with Gasteiger partial charge in [-0.1, -0.05) is 0 Å². The fourth-order valence-electron chi connectivity index (χ4n) is 0.985. The maximum absolute atomic E-state index is 2.45. The van der Waals surface area contributed by atoms with E-state index in [1.807, 2.05) is 0 Å². The minimum absolute atomic E-state index is 0.576. The molecule has 2 heteroatoms. The molecule has 0 atom stereocenters. The molecule has 0 aliphatic heterocycles. The van der Waals surface area contributed by atoms with Gasteiger partial charge in [0, 0.05) is 0 Å². The van der Waals surface area contributed by atoms with Crippen molar-refractivity contribution in [2.75, 3.05) is 0 Å². The average molecular weight is 342 g/mol. The van der Waals surface area contributed by atoms with Gasteiger partial charge in [0.05, 0.1) is 0 Å². The summed E-state index contributed by atoms with van der Waals surface area (Å²) in [4.78, 5) is 0. The second kappa shape index (κ2) is 2.59. The molecule has 10 heavy (non-hydrogen) atoms. The van der Waals surface area contributed by atoms with Gasteiger partial charge in [-0.15, -0.1) is 0 Å². The van der Waals surface area contributed by atoms with E-state index in [0.717, 1.165) is 25.8 Å². The van der Waals surface area contributed by atoms with E-state index >= 15 is 0 Å². The van der Waals surface area contributed by atoms with Gasteiger partial charge in [-0.2, -0.15) is 0 Å². The third kappa shape index (κ3) is 1.44. The van der Waals surface area contributed by atoms with Crippen LogP contribution in [-0.4, -0.2) is 33.8 Å². The van der Waals surface area contributed by atoms with Crippen LogP contribution in [0.4, 0.5) is 0 Å². The van der Waals surface area contributed by atoms with Crippen molar-refractivity contribution in [2.24, 2.45) is 0 Å². The van der Waals surface area contributed by atoms with Crippen molar-refractivity contribution >= 4 is 33.8 Å². The molecule has 0 aromatic carbocycles. The summed E-state index contributed by atoms with van der Waals surface area (Å²) >= 11 is 1.07. The fourth-order valence-corrected chi connectivity index (χ4v) is 3.04. The second-order valence-corrected chi connectivity index (χ2v) is 15.2. The van der Waals surface area contributed by atoms with E-state index in [2.05, 4.69) is 43.9 Å². The van der Waals surface area contributed by atoms with E-state index in [0.29, 0.717) is 2.60 Å². The van der Waals surface area contributed by atoms with E-state index in [9.17, 15) is 0 Å². The van der Waals surface area contributed by atoms with Crippen LogP contribution in [0.25, 0.3) is 0 Å². The summed E-state index contributed by atoms with van der Waals surface area (Å²) in [5.74, 6) is 0. The van der Waals surface area contributed by atoms with Gasteiger partial charge in [0.2, 0.25) is 0 Å². The molecule has 0 spiro atoms. The number of allylic oxidation sites excluding steroid dienone is 4. The summed E-state index contributed by atoms with van der Waals surface area (Å²) in [6, 6.07) is 0. The van der Waals surface area contributed by atoms with Crippen molar-refractivity contribution in [1.82, 2.24) is 0 Å². The molecule has 0 unspecified atom stereocenters. The monoisotopic (exact) mass is 342 g/mol. The predicted octanol–water partition coefficient (Wildman–Crippen LogP) is 2.32. The van der Waals surface area contributed by atoms with Gasteiger partial charge in [0.1, 0.15) is 0 Å². The summed E-state index contributed by atoms with van der Waals surface area (Å²) in [7, 11) is -0.948. The Morgan fingerprint density at radius 1 is 1.10 bits per heavy atom. The first-order valence-corrected chi connectivity index (χ1v) is 9.36. The average Bonchev–Trinajstić information content (AvgIpc) is 2.13. The maximum atomic E-state index is 2.45. The Morgan fingerprint density at radius 3 is 1.70 bits per heavy atom. The first-order chi connectivity index (χ1) is 4.46. The van der Waals surface area contributed by atoms with Crippen LogP contribution >= 0.6 is 0 Å². The topological polar surface area (TPSA) is 0 Å². The van der Waals surface area contributed by atoms with Crippen LogP contribution in [0, 0.1) is 0 Å². The van der Waals surface area contributed by atoms with Gasteiger partial charge in [0.25, 0.3) is 0 Å². The molecule has 0 bridgehead atoms. The van der Waals surface area contributed by atoms with E-state index in [1.165, 1.54) is 0 Å². The van der Waals surface area contributed by atoms with Crippen molar-refractivity contribution in [3.05, 3.63) is 24.3 Å². The van der Waals surface area contributed by atoms with Gasteiger partial charge in [-0.05, 0) is 0 Å². The van der Waals surface area contributed by atoms with Crippen molar-refractivity contribution in [2.45, 2.75) is 22.2 Å². The summed E-state index contributed by atoms with van der Waals surface area (Å²) in [5.41, 5.74) is 0. The Morgan fingerprint density at radius 2 is 1.50 bits per heavy atom. The molecule has 0 radical (unpaired) electrons. The van der Waals surface area contributed by atoms with E-state index in [-0.39, 0.29) is 0 Å². The van der Waals surface area contributed by atoms with E-state index in [4.69, 9.17) is 0 Å². The zero-order valence-corrected chi connectivity index (χ0v) is 12.4. The minimum atomic E-state index is -0.948. The Hall–Kier alpha value is 0.619. The Bertz CT molecular complexity index is 174. The van der Waals surface area contributed by atoms with E-state index < -0.39 is 8.07 Å². The van der Waals surface area contributed by atoms with Crippen molar-refractivity contribution in [3.8, 4) is 0 Å². The molecule has 0 aromatic heterocycles. The molecule has 0 nitrogen and oxygen atoms in total. The van der Waals surface area contributed by atoms with Crippen molar-refractivity contribution in [3.63, 3.8) is 0 Å². The van der Waals surface area contributed by atoms with Crippen LogP contribution in [0.2, 0.25) is 22.2 Å². The summed E-state index contributed by atoms with van der Waals surface area (Å²) in [5, 5.41) is 0. The molecule has 0 saturated heterocycles. The van der Waals surface area contributed by atoms with Crippen LogP contribution in [-0.2, 0) is 0 Å². The third-order valence-electron chi connectivity index (χ3n) is 2.15. The molecule has 52 valence electrons. The second-order valence-electron chi connectivity index (χ2n) is 3.90. The zero-order chi connectivity index (χ0) is 7.83. The zero-order valence-electron chi connectivity index (χ0n) is 6.89. The predicted molar refractivity (Wildman–Crippen MR) is 50.1 cm³/mol. The first-order valence-electron chi connectivity index (χ1n) is 3.62. The molecule has 0 N–H and O–H groups in total. The van der Waals surface area contributed by atoms with Crippen LogP contribution < -0.4 is 0 Å². The Balaban J connectivity index is 2.90. The van der Waals surface area contributed by atoms with Crippen LogP contribution in [0.15, 0.2) is 24.3 Å². The molecule has 0 aromatic rings. The summed E-state index contributed by atoms with van der Waals surface area (Å²) in [6.45, 7) is 7.35. The third-order valence-corrected chi connectivity index (χ3v) is 16.7. The van der Waals surface area contributed by atoms with Gasteiger partial charge in [-0.3, -0.25) is 0 Å². The number of rotatable bonds is 1. The molecule has 0 amide bonds. The molecule has 0 heterocycles. The van der Waals surface area contributed by atoms with Gasteiger partial charge in [-0.25, -0.2) is 0 Å². The SMILES string of the molecule is C[Si](C)(C)[C]1([Tl])C=CC=C1. The van der Waals surface area contributed by atoms with Crippen LogP contribution in [0.3, 0.4) is 0 Å². The number of hydrogen-bond acceptors (Lipinski definition) is 0. The molecule has 0 fully saturated rings. The molecule has 1 aliphatic carbocycles. The summed E-state index contributed by atoms with van der Waals surface area (Å²) in [6.07, 6.45) is 9.23. The summed E-state index contributed by atoms with van der Waals surface area (Å²) < 4.78 is 0.576. The first kappa shape index (κ1) is 8.71. The van der Waals surface area contributed by atoms with E-state index in [1.54, 1.807) is 0 Å².